The van der Waals surface area contributed by atoms with Gasteiger partial charge in [0, 0.05) is 39.0 Å². The van der Waals surface area contributed by atoms with Crippen LogP contribution in [0.4, 0.5) is 4.79 Å². The Labute approximate surface area is 162 Å². The third-order valence-corrected chi connectivity index (χ3v) is 6.86. The first-order chi connectivity index (χ1) is 13.1. The third-order valence-electron chi connectivity index (χ3n) is 6.86. The Bertz CT molecular complexity index is 711. The maximum atomic E-state index is 12.9. The zero-order valence-corrected chi connectivity index (χ0v) is 16.4. The van der Waals surface area contributed by atoms with Gasteiger partial charge in [-0.15, -0.1) is 0 Å². The van der Waals surface area contributed by atoms with Crippen LogP contribution in [0, 0.1) is 0 Å². The number of piperazine rings is 1. The summed E-state index contributed by atoms with van der Waals surface area (Å²) in [6.07, 6.45) is 7.80. The summed E-state index contributed by atoms with van der Waals surface area (Å²) in [6, 6.07) is 8.62. The van der Waals surface area contributed by atoms with Crippen LogP contribution in [-0.4, -0.2) is 53.5 Å². The molecule has 0 radical (unpaired) electrons. The van der Waals surface area contributed by atoms with Crippen LogP contribution in [0.15, 0.2) is 24.3 Å². The van der Waals surface area contributed by atoms with Gasteiger partial charge in [-0.05, 0) is 36.8 Å². The molecule has 5 heteroatoms. The number of rotatable bonds is 2. The first-order valence-electron chi connectivity index (χ1n) is 10.5. The van der Waals surface area contributed by atoms with E-state index in [4.69, 9.17) is 0 Å². The average Bonchev–Trinajstić information content (AvgIpc) is 3.09. The largest absolute Gasteiger partial charge is 0.337 e. The topological polar surface area (TPSA) is 52.7 Å². The quantitative estimate of drug-likeness (QED) is 0.870. The molecule has 2 aliphatic carbocycles. The van der Waals surface area contributed by atoms with Crippen molar-refractivity contribution in [2.45, 2.75) is 63.3 Å². The second kappa shape index (κ2) is 7.53. The molecule has 2 fully saturated rings. The molecule has 0 bridgehead atoms. The van der Waals surface area contributed by atoms with Crippen molar-refractivity contribution in [3.63, 3.8) is 0 Å². The Hall–Kier alpha value is -2.04. The molecule has 1 unspecified atom stereocenters. The van der Waals surface area contributed by atoms with Gasteiger partial charge >= 0.3 is 6.03 Å². The second-order valence-corrected chi connectivity index (χ2v) is 8.50. The van der Waals surface area contributed by atoms with Crippen molar-refractivity contribution in [3.8, 4) is 0 Å². The lowest BCUT2D eigenvalue weighted by Crippen LogP contribution is -2.66. The van der Waals surface area contributed by atoms with Gasteiger partial charge in [-0.2, -0.15) is 0 Å². The predicted molar refractivity (Wildman–Crippen MR) is 106 cm³/mol. The van der Waals surface area contributed by atoms with E-state index in [1.54, 1.807) is 6.92 Å². The van der Waals surface area contributed by atoms with Crippen molar-refractivity contribution < 1.29 is 9.59 Å². The number of hydrogen-bond donors (Lipinski definition) is 1. The molecule has 1 spiro atoms. The van der Waals surface area contributed by atoms with Gasteiger partial charge in [0.1, 0.15) is 0 Å². The molecular weight excluding hydrogens is 338 g/mol. The minimum Gasteiger partial charge on any atom is -0.337 e. The van der Waals surface area contributed by atoms with Crippen LogP contribution in [0.25, 0.3) is 0 Å². The molecule has 5 nitrogen and oxygen atoms in total. The Morgan fingerprint density at radius 1 is 1.15 bits per heavy atom. The molecule has 1 atom stereocenters. The number of nitrogens with zero attached hydrogens (tertiary/aromatic N) is 2. The van der Waals surface area contributed by atoms with Gasteiger partial charge in [0.15, 0.2) is 0 Å². The molecule has 1 saturated heterocycles. The molecule has 3 aliphatic rings. The van der Waals surface area contributed by atoms with E-state index in [1.165, 1.54) is 17.5 Å². The standard InChI is InChI=1S/C22H31N3O2/c1-17(26)25-14-13-24(16-22(25)11-5-2-6-12-22)21(27)23-15-19-10-9-18-7-3-4-8-20(18)19/h3-4,7-8,19H,2,5-6,9-16H2,1H3,(H,23,27). The Kier molecular flexibility index (Phi) is 5.11. The van der Waals surface area contributed by atoms with E-state index in [0.717, 1.165) is 38.5 Å². The monoisotopic (exact) mass is 369 g/mol. The molecule has 1 aromatic carbocycles. The lowest BCUT2D eigenvalue weighted by atomic mass is 9.78. The number of carbonyl (C=O) groups excluding carboxylic acids is 2. The molecule has 146 valence electrons. The Balaban J connectivity index is 1.39. The van der Waals surface area contributed by atoms with E-state index in [9.17, 15) is 9.59 Å². The summed E-state index contributed by atoms with van der Waals surface area (Å²) >= 11 is 0. The number of amides is 3. The molecule has 0 aromatic heterocycles. The number of fused-ring (bicyclic) bond motifs is 1. The van der Waals surface area contributed by atoms with Crippen LogP contribution in [0.5, 0.6) is 0 Å². The normalized spacial score (nSPS) is 24.0. The maximum Gasteiger partial charge on any atom is 0.317 e. The Morgan fingerprint density at radius 2 is 1.93 bits per heavy atom. The predicted octanol–water partition coefficient (Wildman–Crippen LogP) is 3.29. The Morgan fingerprint density at radius 3 is 2.70 bits per heavy atom. The van der Waals surface area contributed by atoms with Gasteiger partial charge in [0.2, 0.25) is 5.91 Å². The molecule has 1 saturated carbocycles. The van der Waals surface area contributed by atoms with Crippen molar-refractivity contribution in [3.05, 3.63) is 35.4 Å². The molecule has 1 aromatic rings. The second-order valence-electron chi connectivity index (χ2n) is 8.50. The van der Waals surface area contributed by atoms with Gasteiger partial charge in [0.25, 0.3) is 0 Å². The zero-order valence-electron chi connectivity index (χ0n) is 16.4. The third kappa shape index (κ3) is 3.56. The van der Waals surface area contributed by atoms with Crippen LogP contribution in [0.3, 0.4) is 0 Å². The first-order valence-corrected chi connectivity index (χ1v) is 10.5. The minimum absolute atomic E-state index is 0.0348. The van der Waals surface area contributed by atoms with Crippen LogP contribution in [-0.2, 0) is 11.2 Å². The van der Waals surface area contributed by atoms with Crippen molar-refractivity contribution in [1.29, 1.82) is 0 Å². The van der Waals surface area contributed by atoms with Gasteiger partial charge in [-0.25, -0.2) is 4.79 Å². The number of aryl methyl sites for hydroxylation is 1. The number of benzene rings is 1. The smallest absolute Gasteiger partial charge is 0.317 e. The van der Waals surface area contributed by atoms with Gasteiger partial charge in [-0.3, -0.25) is 4.79 Å². The van der Waals surface area contributed by atoms with Crippen LogP contribution < -0.4 is 5.32 Å². The highest BCUT2D eigenvalue weighted by Crippen LogP contribution is 2.37. The SMILES string of the molecule is CC(=O)N1CCN(C(=O)NCC2CCc3ccccc32)CC12CCCCC2. The maximum absolute atomic E-state index is 12.9. The van der Waals surface area contributed by atoms with E-state index in [1.807, 2.05) is 9.80 Å². The number of hydrogen-bond acceptors (Lipinski definition) is 2. The van der Waals surface area contributed by atoms with Crippen molar-refractivity contribution in [1.82, 2.24) is 15.1 Å². The lowest BCUT2D eigenvalue weighted by Gasteiger charge is -2.52. The molecule has 1 heterocycles. The fraction of sp³-hybridized carbons (Fsp3) is 0.636. The van der Waals surface area contributed by atoms with Crippen LogP contribution in [0.1, 0.15) is 62.5 Å². The lowest BCUT2D eigenvalue weighted by molar-refractivity contribution is -0.141. The van der Waals surface area contributed by atoms with Gasteiger partial charge in [-0.1, -0.05) is 43.5 Å². The molecule has 3 amide bonds. The summed E-state index contributed by atoms with van der Waals surface area (Å²) in [7, 11) is 0. The number of urea groups is 1. The number of carbonyl (C=O) groups is 2. The summed E-state index contributed by atoms with van der Waals surface area (Å²) < 4.78 is 0. The summed E-state index contributed by atoms with van der Waals surface area (Å²) in [6.45, 7) is 4.35. The summed E-state index contributed by atoms with van der Waals surface area (Å²) in [4.78, 5) is 29.0. The van der Waals surface area contributed by atoms with E-state index in [2.05, 4.69) is 29.6 Å². The average molecular weight is 370 g/mol. The van der Waals surface area contributed by atoms with Gasteiger partial charge < -0.3 is 15.1 Å². The first kappa shape index (κ1) is 18.3. The van der Waals surface area contributed by atoms with Crippen molar-refractivity contribution >= 4 is 11.9 Å². The van der Waals surface area contributed by atoms with Crippen LogP contribution in [0.2, 0.25) is 0 Å². The van der Waals surface area contributed by atoms with E-state index in [-0.39, 0.29) is 17.5 Å². The highest BCUT2D eigenvalue weighted by molar-refractivity contribution is 5.77. The van der Waals surface area contributed by atoms with E-state index < -0.39 is 0 Å². The van der Waals surface area contributed by atoms with Gasteiger partial charge in [0.05, 0.1) is 5.54 Å². The van der Waals surface area contributed by atoms with E-state index >= 15 is 0 Å². The molecule has 27 heavy (non-hydrogen) atoms. The summed E-state index contributed by atoms with van der Waals surface area (Å²) in [5.74, 6) is 0.576. The zero-order chi connectivity index (χ0) is 18.9. The summed E-state index contributed by atoms with van der Waals surface area (Å²) in [5.41, 5.74) is 2.68. The van der Waals surface area contributed by atoms with Crippen LogP contribution >= 0.6 is 0 Å². The molecule has 1 N–H and O–H groups in total. The molecular formula is C22H31N3O2. The highest BCUT2D eigenvalue weighted by Gasteiger charge is 2.44. The van der Waals surface area contributed by atoms with E-state index in [0.29, 0.717) is 32.1 Å². The molecule has 1 aliphatic heterocycles. The highest BCUT2D eigenvalue weighted by atomic mass is 16.2. The summed E-state index contributed by atoms with van der Waals surface area (Å²) in [5, 5.41) is 3.18. The van der Waals surface area contributed by atoms with Crippen molar-refractivity contribution in [2.75, 3.05) is 26.2 Å². The minimum atomic E-state index is -0.139. The number of nitrogens with one attached hydrogen (secondary N) is 1. The fourth-order valence-corrected chi connectivity index (χ4v) is 5.46. The fourth-order valence-electron chi connectivity index (χ4n) is 5.46. The van der Waals surface area contributed by atoms with Crippen molar-refractivity contribution in [2.24, 2.45) is 0 Å². The molecule has 4 rings (SSSR count).